The molecule has 0 spiro atoms. The lowest BCUT2D eigenvalue weighted by molar-refractivity contribution is -0.119. The van der Waals surface area contributed by atoms with Crippen LogP contribution in [0.1, 0.15) is 35.3 Å². The van der Waals surface area contributed by atoms with Gasteiger partial charge in [0.2, 0.25) is 5.91 Å². The van der Waals surface area contributed by atoms with Crippen molar-refractivity contribution in [3.8, 4) is 0 Å². The fraction of sp³-hybridized carbons (Fsp3) is 0.333. The number of nitrogens with one attached hydrogen (secondary N) is 1. The molecule has 0 heterocycles. The van der Waals surface area contributed by atoms with E-state index in [1.165, 1.54) is 0 Å². The Hall–Kier alpha value is -2.47. The molecule has 0 fully saturated rings. The summed E-state index contributed by atoms with van der Waals surface area (Å²) >= 11 is 0. The first-order valence-corrected chi connectivity index (χ1v) is 11.2. The Labute approximate surface area is 171 Å². The molecular weight excluding hydrogens is 391 g/mol. The second-order valence-electron chi connectivity index (χ2n) is 6.42. The van der Waals surface area contributed by atoms with E-state index in [0.29, 0.717) is 12.0 Å². The Morgan fingerprint density at radius 2 is 1.55 bits per heavy atom. The molecule has 7 nitrogen and oxygen atoms in total. The van der Waals surface area contributed by atoms with Gasteiger partial charge in [-0.05, 0) is 37.1 Å². The highest BCUT2D eigenvalue weighted by Gasteiger charge is 2.24. The maximum absolute atomic E-state index is 12.6. The molecule has 2 aromatic carbocycles. The maximum Gasteiger partial charge on any atom is 0.335 e. The molecule has 0 aliphatic carbocycles. The molecule has 0 bridgehead atoms. The van der Waals surface area contributed by atoms with Crippen molar-refractivity contribution in [1.29, 1.82) is 0 Å². The van der Waals surface area contributed by atoms with Crippen molar-refractivity contribution in [2.24, 2.45) is 5.73 Å². The third-order valence-electron chi connectivity index (χ3n) is 4.18. The quantitative estimate of drug-likeness (QED) is 0.545. The zero-order valence-corrected chi connectivity index (χ0v) is 17.6. The van der Waals surface area contributed by atoms with Crippen LogP contribution in [0, 0.1) is 0 Å². The van der Waals surface area contributed by atoms with Gasteiger partial charge in [-0.1, -0.05) is 42.5 Å². The Bertz CT molecular complexity index is 845. The van der Waals surface area contributed by atoms with Gasteiger partial charge >= 0.3 is 7.60 Å². The average molecular weight is 418 g/mol. The fourth-order valence-electron chi connectivity index (χ4n) is 2.82. The van der Waals surface area contributed by atoms with Crippen molar-refractivity contribution in [3.63, 3.8) is 0 Å². The third-order valence-corrected chi connectivity index (χ3v) is 6.23. The third kappa shape index (κ3) is 7.13. The maximum atomic E-state index is 12.6. The van der Waals surface area contributed by atoms with E-state index < -0.39 is 25.5 Å². The summed E-state index contributed by atoms with van der Waals surface area (Å²) in [7, 11) is -3.22. The molecule has 0 unspecified atom stereocenters. The molecule has 1 atom stereocenters. The molecule has 2 rings (SSSR count). The van der Waals surface area contributed by atoms with Gasteiger partial charge in [-0.3, -0.25) is 14.2 Å². The molecule has 3 N–H and O–H groups in total. The Kier molecular flexibility index (Phi) is 8.58. The minimum atomic E-state index is -3.22. The van der Waals surface area contributed by atoms with E-state index >= 15 is 0 Å². The van der Waals surface area contributed by atoms with E-state index in [-0.39, 0.29) is 19.4 Å². The summed E-state index contributed by atoms with van der Waals surface area (Å²) in [5.74, 6) is -1.01. The summed E-state index contributed by atoms with van der Waals surface area (Å²) in [4.78, 5) is 24.3. The molecule has 0 saturated heterocycles. The number of hydrogen-bond donors (Lipinski definition) is 2. The molecule has 2 aromatic rings. The summed E-state index contributed by atoms with van der Waals surface area (Å²) in [5.41, 5.74) is 7.44. The smallest absolute Gasteiger partial charge is 0.335 e. The normalized spacial score (nSPS) is 12.3. The first-order valence-electron chi connectivity index (χ1n) is 9.48. The minimum absolute atomic E-state index is 0.120. The zero-order valence-electron chi connectivity index (χ0n) is 16.7. The largest absolute Gasteiger partial charge is 0.368 e. The van der Waals surface area contributed by atoms with Gasteiger partial charge in [-0.15, -0.1) is 0 Å². The number of rotatable bonds is 11. The van der Waals surface area contributed by atoms with Crippen LogP contribution < -0.4 is 11.1 Å². The van der Waals surface area contributed by atoms with Crippen LogP contribution in [0.15, 0.2) is 54.6 Å². The number of carbonyl (C=O) groups is 2. The number of primary amides is 1. The van der Waals surface area contributed by atoms with Gasteiger partial charge in [0, 0.05) is 12.0 Å². The van der Waals surface area contributed by atoms with Crippen molar-refractivity contribution in [2.75, 3.05) is 13.2 Å². The van der Waals surface area contributed by atoms with Crippen molar-refractivity contribution in [3.05, 3.63) is 71.3 Å². The van der Waals surface area contributed by atoms with Gasteiger partial charge in [-0.2, -0.15) is 0 Å². The van der Waals surface area contributed by atoms with Crippen molar-refractivity contribution in [1.82, 2.24) is 5.32 Å². The van der Waals surface area contributed by atoms with E-state index in [1.807, 2.05) is 30.3 Å². The summed E-state index contributed by atoms with van der Waals surface area (Å²) in [6, 6.07) is 15.1. The Morgan fingerprint density at radius 3 is 2.07 bits per heavy atom. The topological polar surface area (TPSA) is 108 Å². The van der Waals surface area contributed by atoms with Crippen LogP contribution >= 0.6 is 7.60 Å². The number of hydrogen-bond acceptors (Lipinski definition) is 5. The summed E-state index contributed by atoms with van der Waals surface area (Å²) in [6.07, 6.45) is 0.431. The van der Waals surface area contributed by atoms with E-state index in [2.05, 4.69) is 5.32 Å². The summed E-state index contributed by atoms with van der Waals surface area (Å²) in [5, 5.41) is 2.67. The van der Waals surface area contributed by atoms with Gasteiger partial charge < -0.3 is 20.1 Å². The van der Waals surface area contributed by atoms with Crippen LogP contribution in [0.5, 0.6) is 0 Å². The highest BCUT2D eigenvalue weighted by molar-refractivity contribution is 7.53. The summed E-state index contributed by atoms with van der Waals surface area (Å²) < 4.78 is 23.2. The van der Waals surface area contributed by atoms with Gasteiger partial charge in [0.05, 0.1) is 19.4 Å². The fourth-order valence-corrected chi connectivity index (χ4v) is 4.52. The van der Waals surface area contributed by atoms with Crippen LogP contribution in [0.3, 0.4) is 0 Å². The van der Waals surface area contributed by atoms with Crippen LogP contribution in [-0.2, 0) is 31.0 Å². The minimum Gasteiger partial charge on any atom is -0.368 e. The van der Waals surface area contributed by atoms with Crippen molar-refractivity contribution in [2.45, 2.75) is 32.5 Å². The molecule has 29 heavy (non-hydrogen) atoms. The lowest BCUT2D eigenvalue weighted by atomic mass is 10.0. The number of benzene rings is 2. The molecule has 0 radical (unpaired) electrons. The zero-order chi connectivity index (χ0) is 21.3. The van der Waals surface area contributed by atoms with Gasteiger partial charge in [0.15, 0.2) is 0 Å². The van der Waals surface area contributed by atoms with Crippen molar-refractivity contribution >= 4 is 19.4 Å². The first-order chi connectivity index (χ1) is 13.9. The molecule has 0 aromatic heterocycles. The predicted molar refractivity (Wildman–Crippen MR) is 112 cm³/mol. The molecular formula is C21H27N2O5P. The second kappa shape index (κ2) is 10.9. The molecule has 0 aliphatic heterocycles. The van der Waals surface area contributed by atoms with Gasteiger partial charge in [0.1, 0.15) is 6.04 Å². The highest BCUT2D eigenvalue weighted by Crippen LogP contribution is 2.51. The van der Waals surface area contributed by atoms with Crippen LogP contribution in [-0.4, -0.2) is 31.1 Å². The van der Waals surface area contributed by atoms with E-state index in [9.17, 15) is 14.2 Å². The lowest BCUT2D eigenvalue weighted by Gasteiger charge is -2.17. The monoisotopic (exact) mass is 418 g/mol. The van der Waals surface area contributed by atoms with Crippen LogP contribution in [0.4, 0.5) is 0 Å². The molecule has 2 amide bonds. The number of carbonyl (C=O) groups excluding carboxylic acids is 2. The summed E-state index contributed by atoms with van der Waals surface area (Å²) in [6.45, 7) is 4.08. The van der Waals surface area contributed by atoms with Gasteiger partial charge in [-0.25, -0.2) is 0 Å². The van der Waals surface area contributed by atoms with Gasteiger partial charge in [0.25, 0.3) is 5.91 Å². The van der Waals surface area contributed by atoms with E-state index in [0.717, 1.165) is 11.1 Å². The first kappa shape index (κ1) is 22.8. The number of nitrogens with two attached hydrogens (primary N) is 1. The second-order valence-corrected chi connectivity index (χ2v) is 8.47. The SMILES string of the molecule is CCOP(=O)(Cc1ccc(C(=O)N[C@@H](Cc2ccccc2)C(N)=O)cc1)OCC. The number of amides is 2. The van der Waals surface area contributed by atoms with E-state index in [4.69, 9.17) is 14.8 Å². The Morgan fingerprint density at radius 1 is 0.966 bits per heavy atom. The standard InChI is InChI=1S/C21H27N2O5P/c1-3-27-29(26,28-4-2)15-17-10-12-18(13-11-17)21(25)23-19(20(22)24)14-16-8-6-5-7-9-16/h5-13,19H,3-4,14-15H2,1-2H3,(H2,22,24)(H,23,25)/t19-/m0/s1. The molecule has 0 saturated carbocycles. The predicted octanol–water partition coefficient (Wildman–Crippen LogP) is 3.28. The average Bonchev–Trinajstić information content (AvgIpc) is 2.69. The van der Waals surface area contributed by atoms with E-state index in [1.54, 1.807) is 38.1 Å². The molecule has 8 heteroatoms. The van der Waals surface area contributed by atoms with Crippen molar-refractivity contribution < 1.29 is 23.2 Å². The lowest BCUT2D eigenvalue weighted by Crippen LogP contribution is -2.45. The van der Waals surface area contributed by atoms with Crippen LogP contribution in [0.25, 0.3) is 0 Å². The highest BCUT2D eigenvalue weighted by atomic mass is 31.2. The molecule has 156 valence electrons. The molecule has 0 aliphatic rings. The van der Waals surface area contributed by atoms with Crippen LogP contribution in [0.2, 0.25) is 0 Å². The Balaban J connectivity index is 2.05.